The monoisotopic (exact) mass is 349 g/mol. The molecule has 26 heavy (non-hydrogen) atoms. The first kappa shape index (κ1) is 17.4. The maximum absolute atomic E-state index is 12.5. The Morgan fingerprint density at radius 3 is 2.46 bits per heavy atom. The molecule has 1 N–H and O–H groups in total. The molecule has 0 radical (unpaired) electrons. The Hall–Kier alpha value is -3.41. The van der Waals surface area contributed by atoms with E-state index in [9.17, 15) is 4.79 Å². The third-order valence-corrected chi connectivity index (χ3v) is 3.87. The molecule has 0 saturated heterocycles. The number of ether oxygens (including phenoxy) is 2. The zero-order valence-corrected chi connectivity index (χ0v) is 14.8. The molecule has 1 amide bonds. The summed E-state index contributed by atoms with van der Waals surface area (Å²) in [6, 6.07) is 12.7. The van der Waals surface area contributed by atoms with E-state index < -0.39 is 0 Å². The van der Waals surface area contributed by atoms with Crippen molar-refractivity contribution >= 4 is 11.6 Å². The summed E-state index contributed by atoms with van der Waals surface area (Å²) in [4.78, 5) is 20.5. The van der Waals surface area contributed by atoms with Gasteiger partial charge in [-0.05, 0) is 61.4 Å². The van der Waals surface area contributed by atoms with Crippen LogP contribution >= 0.6 is 0 Å². The molecule has 2 aromatic carbocycles. The second-order valence-electron chi connectivity index (χ2n) is 5.75. The van der Waals surface area contributed by atoms with Crippen LogP contribution in [-0.4, -0.2) is 23.0 Å². The van der Waals surface area contributed by atoms with Crippen LogP contribution in [0.2, 0.25) is 0 Å². The number of nitrogens with one attached hydrogen (secondary N) is 1. The average molecular weight is 349 g/mol. The van der Waals surface area contributed by atoms with Gasteiger partial charge in [0.2, 0.25) is 0 Å². The number of hydrogen-bond donors (Lipinski definition) is 1. The molecule has 0 aliphatic rings. The number of aromatic nitrogens is 2. The molecule has 3 rings (SSSR count). The maximum atomic E-state index is 12.5. The number of methoxy groups -OCH3 is 1. The van der Waals surface area contributed by atoms with Crippen molar-refractivity contribution in [1.29, 1.82) is 0 Å². The van der Waals surface area contributed by atoms with Gasteiger partial charge in [0.05, 0.1) is 7.11 Å². The predicted octanol–water partition coefficient (Wildman–Crippen LogP) is 4.15. The van der Waals surface area contributed by atoms with Crippen LogP contribution in [0.1, 0.15) is 21.5 Å². The number of rotatable bonds is 5. The van der Waals surface area contributed by atoms with E-state index >= 15 is 0 Å². The van der Waals surface area contributed by atoms with E-state index in [0.717, 1.165) is 11.1 Å². The van der Waals surface area contributed by atoms with Gasteiger partial charge in [-0.15, -0.1) is 0 Å². The van der Waals surface area contributed by atoms with Gasteiger partial charge in [0, 0.05) is 23.6 Å². The molecule has 0 bridgehead atoms. The first-order valence-electron chi connectivity index (χ1n) is 8.08. The molecule has 0 aliphatic carbocycles. The third-order valence-electron chi connectivity index (χ3n) is 3.87. The topological polar surface area (TPSA) is 73.3 Å². The van der Waals surface area contributed by atoms with Gasteiger partial charge in [-0.1, -0.05) is 6.07 Å². The summed E-state index contributed by atoms with van der Waals surface area (Å²) in [5.41, 5.74) is 3.08. The summed E-state index contributed by atoms with van der Waals surface area (Å²) in [5.74, 6) is 1.08. The molecule has 3 aromatic rings. The molecular formula is C20H19N3O3. The lowest BCUT2D eigenvalue weighted by molar-refractivity contribution is 0.102. The lowest BCUT2D eigenvalue weighted by Gasteiger charge is -2.12. The van der Waals surface area contributed by atoms with Gasteiger partial charge in [-0.3, -0.25) is 4.79 Å². The number of anilines is 1. The Balaban J connectivity index is 1.74. The summed E-state index contributed by atoms with van der Waals surface area (Å²) in [5, 5.41) is 2.91. The molecule has 6 heteroatoms. The number of aryl methyl sites for hydroxylation is 2. The van der Waals surface area contributed by atoms with E-state index in [-0.39, 0.29) is 11.9 Å². The largest absolute Gasteiger partial charge is 0.496 e. The van der Waals surface area contributed by atoms with Crippen LogP contribution in [0.15, 0.2) is 54.9 Å². The van der Waals surface area contributed by atoms with Crippen molar-refractivity contribution in [3.63, 3.8) is 0 Å². The van der Waals surface area contributed by atoms with Crippen LogP contribution in [0.3, 0.4) is 0 Å². The molecule has 132 valence electrons. The fourth-order valence-corrected chi connectivity index (χ4v) is 2.44. The number of nitrogens with zero attached hydrogens (tertiary/aromatic N) is 2. The first-order valence-corrected chi connectivity index (χ1v) is 8.08. The minimum Gasteiger partial charge on any atom is -0.496 e. The zero-order valence-electron chi connectivity index (χ0n) is 14.8. The summed E-state index contributed by atoms with van der Waals surface area (Å²) in [6.45, 7) is 3.82. The van der Waals surface area contributed by atoms with Crippen molar-refractivity contribution in [3.8, 4) is 17.5 Å². The predicted molar refractivity (Wildman–Crippen MR) is 99.0 cm³/mol. The smallest absolute Gasteiger partial charge is 0.321 e. The first-order chi connectivity index (χ1) is 12.6. The number of amides is 1. The molecule has 1 heterocycles. The van der Waals surface area contributed by atoms with Gasteiger partial charge in [-0.25, -0.2) is 9.97 Å². The van der Waals surface area contributed by atoms with Crippen LogP contribution in [-0.2, 0) is 0 Å². The number of benzene rings is 2. The standard InChI is InChI=1S/C20H19N3O3/c1-13-5-6-15(12-18(13)25-3)19(24)23-17-8-7-16(11-14(17)2)26-20-21-9-4-10-22-20/h4-12H,1-3H3,(H,23,24). The van der Waals surface area contributed by atoms with Crippen LogP contribution < -0.4 is 14.8 Å². The molecular weight excluding hydrogens is 330 g/mol. The van der Waals surface area contributed by atoms with Crippen LogP contribution in [0.25, 0.3) is 0 Å². The maximum Gasteiger partial charge on any atom is 0.321 e. The lowest BCUT2D eigenvalue weighted by Crippen LogP contribution is -2.13. The Morgan fingerprint density at radius 2 is 1.77 bits per heavy atom. The SMILES string of the molecule is COc1cc(C(=O)Nc2ccc(Oc3ncccn3)cc2C)ccc1C. The molecule has 0 aliphatic heterocycles. The highest BCUT2D eigenvalue weighted by molar-refractivity contribution is 6.05. The van der Waals surface area contributed by atoms with E-state index in [4.69, 9.17) is 9.47 Å². The number of carbonyl (C=O) groups is 1. The molecule has 1 aromatic heterocycles. The molecule has 0 spiro atoms. The van der Waals surface area contributed by atoms with Crippen molar-refractivity contribution in [2.45, 2.75) is 13.8 Å². The van der Waals surface area contributed by atoms with Crippen LogP contribution in [0.4, 0.5) is 5.69 Å². The Kier molecular flexibility index (Phi) is 5.12. The Morgan fingerprint density at radius 1 is 1.00 bits per heavy atom. The van der Waals surface area contributed by atoms with Crippen LogP contribution in [0, 0.1) is 13.8 Å². The summed E-state index contributed by atoms with van der Waals surface area (Å²) >= 11 is 0. The van der Waals surface area contributed by atoms with Crippen LogP contribution in [0.5, 0.6) is 17.5 Å². The highest BCUT2D eigenvalue weighted by Gasteiger charge is 2.11. The van der Waals surface area contributed by atoms with Gasteiger partial charge in [0.25, 0.3) is 5.91 Å². The van der Waals surface area contributed by atoms with E-state index in [1.807, 2.05) is 26.0 Å². The highest BCUT2D eigenvalue weighted by atomic mass is 16.5. The zero-order chi connectivity index (χ0) is 18.5. The Labute approximate surface area is 151 Å². The number of hydrogen-bond acceptors (Lipinski definition) is 5. The van der Waals surface area contributed by atoms with E-state index in [1.54, 1.807) is 49.8 Å². The van der Waals surface area contributed by atoms with Crippen molar-refractivity contribution in [3.05, 3.63) is 71.5 Å². The van der Waals surface area contributed by atoms with Gasteiger partial charge in [0.15, 0.2) is 0 Å². The van der Waals surface area contributed by atoms with E-state index in [1.165, 1.54) is 0 Å². The summed E-state index contributed by atoms with van der Waals surface area (Å²) in [6.07, 6.45) is 3.22. The minimum absolute atomic E-state index is 0.202. The van der Waals surface area contributed by atoms with Gasteiger partial charge < -0.3 is 14.8 Å². The average Bonchev–Trinajstić information content (AvgIpc) is 2.65. The lowest BCUT2D eigenvalue weighted by atomic mass is 10.1. The van der Waals surface area contributed by atoms with E-state index in [0.29, 0.717) is 22.7 Å². The fraction of sp³-hybridized carbons (Fsp3) is 0.150. The van der Waals surface area contributed by atoms with Gasteiger partial charge >= 0.3 is 6.01 Å². The van der Waals surface area contributed by atoms with E-state index in [2.05, 4.69) is 15.3 Å². The molecule has 0 atom stereocenters. The van der Waals surface area contributed by atoms with Crippen molar-refractivity contribution < 1.29 is 14.3 Å². The minimum atomic E-state index is -0.202. The van der Waals surface area contributed by atoms with Crippen molar-refractivity contribution in [2.75, 3.05) is 12.4 Å². The summed E-state index contributed by atoms with van der Waals surface area (Å²) in [7, 11) is 1.59. The second-order valence-corrected chi connectivity index (χ2v) is 5.75. The molecule has 6 nitrogen and oxygen atoms in total. The third kappa shape index (κ3) is 3.97. The van der Waals surface area contributed by atoms with Gasteiger partial charge in [-0.2, -0.15) is 0 Å². The van der Waals surface area contributed by atoms with Crippen molar-refractivity contribution in [1.82, 2.24) is 9.97 Å². The normalized spacial score (nSPS) is 10.3. The van der Waals surface area contributed by atoms with Crippen molar-refractivity contribution in [2.24, 2.45) is 0 Å². The number of carbonyl (C=O) groups excluding carboxylic acids is 1. The van der Waals surface area contributed by atoms with Gasteiger partial charge in [0.1, 0.15) is 11.5 Å². The second kappa shape index (κ2) is 7.65. The molecule has 0 saturated carbocycles. The highest BCUT2D eigenvalue weighted by Crippen LogP contribution is 2.25. The molecule has 0 fully saturated rings. The molecule has 0 unspecified atom stereocenters. The fourth-order valence-electron chi connectivity index (χ4n) is 2.44. The Bertz CT molecular complexity index is 927. The quantitative estimate of drug-likeness (QED) is 0.749. The summed E-state index contributed by atoms with van der Waals surface area (Å²) < 4.78 is 10.9.